The number of quaternary nitrogens is 1. The maximum atomic E-state index is 12.6. The van der Waals surface area contributed by atoms with Gasteiger partial charge in [0, 0.05) is 12.8 Å². The van der Waals surface area contributed by atoms with E-state index in [1.54, 1.807) is 0 Å². The van der Waals surface area contributed by atoms with Gasteiger partial charge in [-0.25, -0.2) is 0 Å². The van der Waals surface area contributed by atoms with Gasteiger partial charge >= 0.3 is 11.9 Å². The van der Waals surface area contributed by atoms with E-state index >= 15 is 0 Å². The third-order valence-electron chi connectivity index (χ3n) is 9.44. The lowest BCUT2D eigenvalue weighted by Crippen LogP contribution is -2.37. The molecular formula is C44H84NO8P. The van der Waals surface area contributed by atoms with Crippen LogP contribution in [0.3, 0.4) is 0 Å². The van der Waals surface area contributed by atoms with Crippen LogP contribution in [0.25, 0.3) is 0 Å². The summed E-state index contributed by atoms with van der Waals surface area (Å²) in [6, 6.07) is 0. The van der Waals surface area contributed by atoms with Crippen LogP contribution in [-0.2, 0) is 32.7 Å². The molecule has 0 radical (unpaired) electrons. The van der Waals surface area contributed by atoms with Crippen molar-refractivity contribution in [3.05, 3.63) is 24.3 Å². The van der Waals surface area contributed by atoms with Crippen molar-refractivity contribution < 1.29 is 42.1 Å². The van der Waals surface area contributed by atoms with Crippen molar-refractivity contribution in [1.82, 2.24) is 0 Å². The monoisotopic (exact) mass is 786 g/mol. The Labute approximate surface area is 332 Å². The summed E-state index contributed by atoms with van der Waals surface area (Å²) in [5.41, 5.74) is 0. The van der Waals surface area contributed by atoms with Gasteiger partial charge < -0.3 is 27.9 Å². The standard InChI is InChI=1S/C44H84NO8P/c1-6-8-10-12-14-16-18-20-22-24-26-28-30-32-34-36-43(46)50-40-42(41-52-54(48,49)51-39-38-45(3,4)5)53-44(47)37-35-33-31-29-27-25-23-21-19-17-15-13-11-9-7-2/h24-27,42H,6-23,28-41H2,1-5H3/b26-24+,27-25+. The Bertz CT molecular complexity index is 980. The number of nitrogens with zero attached hydrogens (tertiary/aromatic N) is 1. The number of phosphoric ester groups is 1. The zero-order valence-corrected chi connectivity index (χ0v) is 36.6. The molecule has 9 nitrogen and oxygen atoms in total. The highest BCUT2D eigenvalue weighted by molar-refractivity contribution is 7.45. The summed E-state index contributed by atoms with van der Waals surface area (Å²) in [5, 5.41) is 0. The molecule has 0 N–H and O–H groups in total. The van der Waals surface area contributed by atoms with Crippen LogP contribution in [0.5, 0.6) is 0 Å². The van der Waals surface area contributed by atoms with Crippen LogP contribution >= 0.6 is 7.82 Å². The summed E-state index contributed by atoms with van der Waals surface area (Å²) >= 11 is 0. The Balaban J connectivity index is 4.40. The quantitative estimate of drug-likeness (QED) is 0.0198. The average Bonchev–Trinajstić information content (AvgIpc) is 3.12. The second kappa shape index (κ2) is 37.1. The van der Waals surface area contributed by atoms with Gasteiger partial charge in [-0.15, -0.1) is 0 Å². The van der Waals surface area contributed by atoms with Crippen LogP contribution in [-0.4, -0.2) is 70.0 Å². The SMILES string of the molecule is CCCCCCCCCC/C=C/CCCCCC(=O)OCC(COP(=O)([O-])OCC[N+](C)(C)C)OC(=O)CCCCC/C=C/CCCCCCCCCC. The molecule has 0 bridgehead atoms. The molecule has 0 aromatic heterocycles. The van der Waals surface area contributed by atoms with E-state index in [4.69, 9.17) is 18.5 Å². The predicted octanol–water partition coefficient (Wildman–Crippen LogP) is 11.7. The van der Waals surface area contributed by atoms with Crippen LogP contribution in [0.15, 0.2) is 24.3 Å². The number of rotatable bonds is 40. The molecule has 10 heteroatoms. The van der Waals surface area contributed by atoms with E-state index in [1.807, 2.05) is 21.1 Å². The molecule has 2 unspecified atom stereocenters. The van der Waals surface area contributed by atoms with Gasteiger partial charge in [-0.3, -0.25) is 14.2 Å². The Kier molecular flexibility index (Phi) is 36.1. The minimum Gasteiger partial charge on any atom is -0.756 e. The van der Waals surface area contributed by atoms with Crippen LogP contribution < -0.4 is 4.89 Å². The van der Waals surface area contributed by atoms with Gasteiger partial charge in [0.25, 0.3) is 7.82 Å². The van der Waals surface area contributed by atoms with E-state index in [1.165, 1.54) is 103 Å². The molecule has 0 rings (SSSR count). The van der Waals surface area contributed by atoms with Crippen molar-refractivity contribution in [2.75, 3.05) is 47.5 Å². The van der Waals surface area contributed by atoms with Crippen molar-refractivity contribution in [1.29, 1.82) is 0 Å². The van der Waals surface area contributed by atoms with Crippen molar-refractivity contribution in [3.8, 4) is 0 Å². The van der Waals surface area contributed by atoms with E-state index < -0.39 is 32.5 Å². The predicted molar refractivity (Wildman–Crippen MR) is 222 cm³/mol. The smallest absolute Gasteiger partial charge is 0.306 e. The largest absolute Gasteiger partial charge is 0.756 e. The Morgan fingerprint density at radius 2 is 0.944 bits per heavy atom. The second-order valence-corrected chi connectivity index (χ2v) is 17.5. The first-order valence-corrected chi connectivity index (χ1v) is 23.5. The molecule has 0 heterocycles. The van der Waals surface area contributed by atoms with E-state index in [2.05, 4.69) is 38.2 Å². The molecule has 0 spiro atoms. The Morgan fingerprint density at radius 1 is 0.556 bits per heavy atom. The number of ether oxygens (including phenoxy) is 2. The van der Waals surface area contributed by atoms with Gasteiger partial charge in [-0.1, -0.05) is 141 Å². The fourth-order valence-electron chi connectivity index (χ4n) is 5.94. The summed E-state index contributed by atoms with van der Waals surface area (Å²) in [7, 11) is 1.15. The first-order valence-electron chi connectivity index (χ1n) is 22.0. The zero-order valence-electron chi connectivity index (χ0n) is 35.7. The molecular weight excluding hydrogens is 701 g/mol. The fourth-order valence-corrected chi connectivity index (χ4v) is 6.67. The summed E-state index contributed by atoms with van der Waals surface area (Å²) in [6.45, 7) is 4.19. The zero-order chi connectivity index (χ0) is 40.0. The first kappa shape index (κ1) is 52.5. The third kappa shape index (κ3) is 40.2. The summed E-state index contributed by atoms with van der Waals surface area (Å²) < 4.78 is 33.8. The number of carbonyl (C=O) groups excluding carboxylic acids is 2. The minimum atomic E-state index is -4.63. The molecule has 0 saturated heterocycles. The van der Waals surface area contributed by atoms with Gasteiger partial charge in [0.15, 0.2) is 6.10 Å². The maximum Gasteiger partial charge on any atom is 0.306 e. The summed E-state index contributed by atoms with van der Waals surface area (Å²) in [6.07, 6.45) is 39.2. The van der Waals surface area contributed by atoms with Gasteiger partial charge in [0.2, 0.25) is 0 Å². The molecule has 0 aromatic carbocycles. The van der Waals surface area contributed by atoms with Crippen molar-refractivity contribution in [3.63, 3.8) is 0 Å². The number of unbranched alkanes of at least 4 members (excludes halogenated alkanes) is 22. The Morgan fingerprint density at radius 3 is 1.37 bits per heavy atom. The van der Waals surface area contributed by atoms with Crippen molar-refractivity contribution >= 4 is 19.8 Å². The van der Waals surface area contributed by atoms with E-state index in [9.17, 15) is 19.0 Å². The maximum absolute atomic E-state index is 12.6. The number of esters is 2. The number of likely N-dealkylation sites (N-methyl/N-ethyl adjacent to an activating group) is 1. The molecule has 0 aliphatic heterocycles. The average molecular weight is 786 g/mol. The highest BCUT2D eigenvalue weighted by Crippen LogP contribution is 2.38. The van der Waals surface area contributed by atoms with Gasteiger partial charge in [-0.05, 0) is 64.2 Å². The third-order valence-corrected chi connectivity index (χ3v) is 10.4. The van der Waals surface area contributed by atoms with Gasteiger partial charge in [0.05, 0.1) is 27.7 Å². The normalized spacial score (nSPS) is 13.8. The lowest BCUT2D eigenvalue weighted by Gasteiger charge is -2.28. The number of hydrogen-bond acceptors (Lipinski definition) is 8. The second-order valence-electron chi connectivity index (χ2n) is 16.1. The molecule has 2 atom stereocenters. The van der Waals surface area contributed by atoms with Crippen LogP contribution in [0.4, 0.5) is 0 Å². The number of allylic oxidation sites excluding steroid dienone is 4. The molecule has 0 saturated carbocycles. The molecule has 318 valence electrons. The molecule has 0 aliphatic rings. The molecule has 54 heavy (non-hydrogen) atoms. The number of hydrogen-bond donors (Lipinski definition) is 0. The molecule has 0 aliphatic carbocycles. The topological polar surface area (TPSA) is 111 Å². The lowest BCUT2D eigenvalue weighted by molar-refractivity contribution is -0.870. The van der Waals surface area contributed by atoms with Gasteiger partial charge in [0.1, 0.15) is 19.8 Å². The Hall–Kier alpha value is -1.51. The van der Waals surface area contributed by atoms with E-state index in [0.29, 0.717) is 23.9 Å². The highest BCUT2D eigenvalue weighted by atomic mass is 31.2. The molecule has 0 amide bonds. The van der Waals surface area contributed by atoms with Crippen LogP contribution in [0, 0.1) is 0 Å². The molecule has 0 fully saturated rings. The van der Waals surface area contributed by atoms with Crippen LogP contribution in [0.1, 0.15) is 194 Å². The van der Waals surface area contributed by atoms with Crippen molar-refractivity contribution in [2.24, 2.45) is 0 Å². The number of carbonyl (C=O) groups is 2. The van der Waals surface area contributed by atoms with E-state index in [0.717, 1.165) is 51.4 Å². The molecule has 0 aromatic rings. The van der Waals surface area contributed by atoms with Gasteiger partial charge in [-0.2, -0.15) is 0 Å². The highest BCUT2D eigenvalue weighted by Gasteiger charge is 2.21. The first-order chi connectivity index (χ1) is 26.0. The summed E-state index contributed by atoms with van der Waals surface area (Å²) in [4.78, 5) is 37.5. The number of phosphoric acid groups is 1. The van der Waals surface area contributed by atoms with Crippen LogP contribution in [0.2, 0.25) is 0 Å². The fraction of sp³-hybridized carbons (Fsp3) is 0.864. The summed E-state index contributed by atoms with van der Waals surface area (Å²) in [5.74, 6) is -0.867. The lowest BCUT2D eigenvalue weighted by atomic mass is 10.1. The van der Waals surface area contributed by atoms with Crippen molar-refractivity contribution in [2.45, 2.75) is 200 Å². The minimum absolute atomic E-state index is 0.0346. The van der Waals surface area contributed by atoms with E-state index in [-0.39, 0.29) is 26.1 Å².